The van der Waals surface area contributed by atoms with E-state index >= 15 is 0 Å². The van der Waals surface area contributed by atoms with Crippen LogP contribution in [0.25, 0.3) is 0 Å². The lowest BCUT2D eigenvalue weighted by Gasteiger charge is -2.06. The number of anilines is 1. The number of nitrogens with zero attached hydrogens (tertiary/aromatic N) is 1. The lowest BCUT2D eigenvalue weighted by molar-refractivity contribution is 0.0997. The summed E-state index contributed by atoms with van der Waals surface area (Å²) in [6, 6.07) is 0. The Labute approximate surface area is 93.4 Å². The first-order valence-electron chi connectivity index (χ1n) is 4.80. The molecule has 1 heterocycles. The molecule has 1 amide bonds. The predicted octanol–water partition coefficient (Wildman–Crippen LogP) is 1.62. The Hall–Kier alpha value is -1.23. The number of hydrogen-bond donors (Lipinski definition) is 3. The van der Waals surface area contributed by atoms with Crippen LogP contribution in [0.5, 0.6) is 0 Å². The molecule has 6 heteroatoms. The summed E-state index contributed by atoms with van der Waals surface area (Å²) in [5.41, 5.74) is 5.38. The topological polar surface area (TPSA) is 83.8 Å². The van der Waals surface area contributed by atoms with Gasteiger partial charge in [0.05, 0.1) is 0 Å². The molecule has 0 spiro atoms. The monoisotopic (exact) mass is 230 g/mol. The zero-order valence-corrected chi connectivity index (χ0v) is 9.56. The quantitative estimate of drug-likeness (QED) is 0.719. The first kappa shape index (κ1) is 11.8. The van der Waals surface area contributed by atoms with Gasteiger partial charge < -0.3 is 16.0 Å². The molecule has 0 fully saturated rings. The Balaban J connectivity index is 2.63. The maximum atomic E-state index is 11.0. The van der Waals surface area contributed by atoms with Crippen LogP contribution in [0, 0.1) is 5.92 Å². The number of halogens is 1. The van der Waals surface area contributed by atoms with Crippen molar-refractivity contribution in [1.82, 2.24) is 9.97 Å². The van der Waals surface area contributed by atoms with E-state index in [1.807, 2.05) is 0 Å². The van der Waals surface area contributed by atoms with Gasteiger partial charge >= 0.3 is 0 Å². The number of rotatable bonds is 5. The predicted molar refractivity (Wildman–Crippen MR) is 60.1 cm³/mol. The van der Waals surface area contributed by atoms with Crippen LogP contribution >= 0.6 is 11.6 Å². The Morgan fingerprint density at radius 1 is 1.67 bits per heavy atom. The van der Waals surface area contributed by atoms with Crippen molar-refractivity contribution in [3.63, 3.8) is 0 Å². The van der Waals surface area contributed by atoms with E-state index in [1.54, 1.807) is 0 Å². The number of H-pyrrole nitrogens is 1. The second-order valence-corrected chi connectivity index (χ2v) is 4.08. The van der Waals surface area contributed by atoms with Crippen LogP contribution in [-0.4, -0.2) is 22.4 Å². The van der Waals surface area contributed by atoms with E-state index in [-0.39, 0.29) is 11.0 Å². The lowest BCUT2D eigenvalue weighted by Crippen LogP contribution is -2.15. The summed E-state index contributed by atoms with van der Waals surface area (Å²) in [4.78, 5) is 17.5. The van der Waals surface area contributed by atoms with Crippen LogP contribution in [-0.2, 0) is 0 Å². The molecular weight excluding hydrogens is 216 g/mol. The van der Waals surface area contributed by atoms with E-state index in [0.29, 0.717) is 11.7 Å². The van der Waals surface area contributed by atoms with E-state index in [4.69, 9.17) is 17.3 Å². The molecule has 0 atom stereocenters. The highest BCUT2D eigenvalue weighted by atomic mass is 35.5. The SMILES string of the molecule is CC(C)CCNc1nc(Cl)[nH]c1C(N)=O. The molecule has 1 aromatic rings. The molecule has 84 valence electrons. The number of imidazole rings is 1. The molecule has 0 aliphatic heterocycles. The summed E-state index contributed by atoms with van der Waals surface area (Å²) < 4.78 is 0. The van der Waals surface area contributed by atoms with E-state index in [0.717, 1.165) is 13.0 Å². The van der Waals surface area contributed by atoms with Crippen molar-refractivity contribution in [3.05, 3.63) is 11.0 Å². The summed E-state index contributed by atoms with van der Waals surface area (Å²) in [7, 11) is 0. The van der Waals surface area contributed by atoms with Gasteiger partial charge in [-0.25, -0.2) is 4.98 Å². The summed E-state index contributed by atoms with van der Waals surface area (Å²) in [6.45, 7) is 4.97. The Bertz CT molecular complexity index is 348. The Morgan fingerprint density at radius 2 is 2.33 bits per heavy atom. The molecule has 0 aliphatic rings. The van der Waals surface area contributed by atoms with Gasteiger partial charge in [0.2, 0.25) is 5.28 Å². The van der Waals surface area contributed by atoms with Crippen molar-refractivity contribution in [3.8, 4) is 0 Å². The average Bonchev–Trinajstić information content (AvgIpc) is 2.46. The van der Waals surface area contributed by atoms with Gasteiger partial charge in [-0.05, 0) is 23.9 Å². The zero-order valence-electron chi connectivity index (χ0n) is 8.80. The van der Waals surface area contributed by atoms with Crippen LogP contribution in [0.2, 0.25) is 5.28 Å². The molecule has 1 rings (SSSR count). The number of aromatic amines is 1. The van der Waals surface area contributed by atoms with Crippen molar-refractivity contribution in [2.45, 2.75) is 20.3 Å². The number of aromatic nitrogens is 2. The molecule has 0 saturated heterocycles. The number of nitrogens with one attached hydrogen (secondary N) is 2. The van der Waals surface area contributed by atoms with Gasteiger partial charge in [-0.15, -0.1) is 0 Å². The molecular formula is C9H15ClN4O. The smallest absolute Gasteiger partial charge is 0.269 e. The zero-order chi connectivity index (χ0) is 11.4. The third-order valence-corrected chi connectivity index (χ3v) is 2.11. The van der Waals surface area contributed by atoms with E-state index in [9.17, 15) is 4.79 Å². The highest BCUT2D eigenvalue weighted by Gasteiger charge is 2.13. The molecule has 0 bridgehead atoms. The first-order chi connectivity index (χ1) is 7.00. The number of carbonyl (C=O) groups is 1. The minimum Gasteiger partial charge on any atom is -0.368 e. The van der Waals surface area contributed by atoms with E-state index in [1.165, 1.54) is 0 Å². The second-order valence-electron chi connectivity index (χ2n) is 3.72. The molecule has 4 N–H and O–H groups in total. The van der Waals surface area contributed by atoms with Gasteiger partial charge in [-0.1, -0.05) is 13.8 Å². The van der Waals surface area contributed by atoms with Crippen molar-refractivity contribution in [1.29, 1.82) is 0 Å². The molecule has 0 radical (unpaired) electrons. The maximum Gasteiger partial charge on any atom is 0.269 e. The first-order valence-corrected chi connectivity index (χ1v) is 5.17. The fourth-order valence-electron chi connectivity index (χ4n) is 1.13. The van der Waals surface area contributed by atoms with Gasteiger partial charge in [-0.2, -0.15) is 0 Å². The van der Waals surface area contributed by atoms with Crippen molar-refractivity contribution >= 4 is 23.3 Å². The summed E-state index contributed by atoms with van der Waals surface area (Å²) in [5, 5.41) is 3.18. The molecule has 0 unspecified atom stereocenters. The number of hydrogen-bond acceptors (Lipinski definition) is 3. The fraction of sp³-hybridized carbons (Fsp3) is 0.556. The highest BCUT2D eigenvalue weighted by Crippen LogP contribution is 2.15. The number of primary amides is 1. The van der Waals surface area contributed by atoms with Gasteiger partial charge in [0.1, 0.15) is 5.69 Å². The fourth-order valence-corrected chi connectivity index (χ4v) is 1.31. The minimum absolute atomic E-state index is 0.163. The van der Waals surface area contributed by atoms with Gasteiger partial charge in [0.25, 0.3) is 5.91 Å². The van der Waals surface area contributed by atoms with E-state index in [2.05, 4.69) is 29.1 Å². The third kappa shape index (κ3) is 3.43. The van der Waals surface area contributed by atoms with Crippen LogP contribution in [0.4, 0.5) is 5.82 Å². The number of amides is 1. The van der Waals surface area contributed by atoms with Gasteiger partial charge in [-0.3, -0.25) is 4.79 Å². The van der Waals surface area contributed by atoms with Gasteiger partial charge in [0, 0.05) is 6.54 Å². The average molecular weight is 231 g/mol. The van der Waals surface area contributed by atoms with Crippen LogP contribution in [0.1, 0.15) is 30.8 Å². The van der Waals surface area contributed by atoms with Crippen molar-refractivity contribution < 1.29 is 4.79 Å². The van der Waals surface area contributed by atoms with Crippen LogP contribution in [0.15, 0.2) is 0 Å². The number of nitrogens with two attached hydrogens (primary N) is 1. The van der Waals surface area contributed by atoms with Crippen LogP contribution < -0.4 is 11.1 Å². The minimum atomic E-state index is -0.568. The molecule has 0 aliphatic carbocycles. The molecule has 1 aromatic heterocycles. The number of carbonyl (C=O) groups excluding carboxylic acids is 1. The van der Waals surface area contributed by atoms with Crippen LogP contribution in [0.3, 0.4) is 0 Å². The second kappa shape index (κ2) is 5.02. The standard InChI is InChI=1S/C9H15ClN4O/c1-5(2)3-4-12-8-6(7(11)15)13-9(10)14-8/h5,12H,3-4H2,1-2H3,(H2,11,15)(H,13,14). The molecule has 15 heavy (non-hydrogen) atoms. The van der Waals surface area contributed by atoms with Gasteiger partial charge in [0.15, 0.2) is 5.82 Å². The van der Waals surface area contributed by atoms with Crippen molar-refractivity contribution in [2.75, 3.05) is 11.9 Å². The molecule has 0 saturated carbocycles. The third-order valence-electron chi connectivity index (χ3n) is 1.94. The highest BCUT2D eigenvalue weighted by molar-refractivity contribution is 6.28. The lowest BCUT2D eigenvalue weighted by atomic mass is 10.1. The largest absolute Gasteiger partial charge is 0.368 e. The Morgan fingerprint density at radius 3 is 2.87 bits per heavy atom. The van der Waals surface area contributed by atoms with Crippen molar-refractivity contribution in [2.24, 2.45) is 11.7 Å². The summed E-state index contributed by atoms with van der Waals surface area (Å²) in [5.74, 6) is 0.443. The summed E-state index contributed by atoms with van der Waals surface area (Å²) in [6.07, 6.45) is 0.989. The van der Waals surface area contributed by atoms with E-state index < -0.39 is 5.91 Å². The Kier molecular flexibility index (Phi) is 3.96. The molecule has 0 aromatic carbocycles. The maximum absolute atomic E-state index is 11.0. The normalized spacial score (nSPS) is 10.7. The summed E-state index contributed by atoms with van der Waals surface area (Å²) >= 11 is 5.64. The molecule has 5 nitrogen and oxygen atoms in total.